The van der Waals surface area contributed by atoms with E-state index in [0.29, 0.717) is 6.07 Å². The van der Waals surface area contributed by atoms with E-state index in [1.807, 2.05) is 0 Å². The first-order valence-corrected chi connectivity index (χ1v) is 4.91. The highest BCUT2D eigenvalue weighted by Gasteiger charge is 2.18. The normalized spacial score (nSPS) is 10.4. The monoisotopic (exact) mass is 253 g/mol. The van der Waals surface area contributed by atoms with Gasteiger partial charge < -0.3 is 10.5 Å². The predicted octanol–water partition coefficient (Wildman–Crippen LogP) is 1.52. The molecule has 1 aromatic carbocycles. The van der Waals surface area contributed by atoms with Crippen LogP contribution in [0.15, 0.2) is 24.5 Å². The summed E-state index contributed by atoms with van der Waals surface area (Å²) in [5.41, 5.74) is 5.53. The summed E-state index contributed by atoms with van der Waals surface area (Å²) in [6.45, 7) is 0. The second-order valence-corrected chi connectivity index (χ2v) is 3.44. The number of benzene rings is 1. The summed E-state index contributed by atoms with van der Waals surface area (Å²) in [6.07, 6.45) is 1.16. The first-order chi connectivity index (χ1) is 8.54. The van der Waals surface area contributed by atoms with Gasteiger partial charge in [-0.05, 0) is 12.1 Å². The SMILES string of the molecule is COC(=O)c1ncn(-c2ccc(F)cc2F)c1N. The standard InChI is InChI=1S/C11H9F2N3O2/c1-18-11(17)9-10(14)16(5-15-9)8-3-2-6(12)4-7(8)13/h2-5H,14H2,1H3. The number of aromatic nitrogens is 2. The van der Waals surface area contributed by atoms with Gasteiger partial charge in [-0.25, -0.2) is 18.6 Å². The average Bonchev–Trinajstić information content (AvgIpc) is 2.70. The number of nitrogens with zero attached hydrogens (tertiary/aromatic N) is 2. The highest BCUT2D eigenvalue weighted by Crippen LogP contribution is 2.20. The Balaban J connectivity index is 2.52. The van der Waals surface area contributed by atoms with E-state index in [1.54, 1.807) is 0 Å². The molecule has 0 spiro atoms. The Bertz CT molecular complexity index is 610. The van der Waals surface area contributed by atoms with Crippen LogP contribution in [0, 0.1) is 11.6 Å². The summed E-state index contributed by atoms with van der Waals surface area (Å²) in [6, 6.07) is 2.99. The van der Waals surface area contributed by atoms with E-state index in [-0.39, 0.29) is 17.2 Å². The molecular formula is C11H9F2N3O2. The summed E-state index contributed by atoms with van der Waals surface area (Å²) >= 11 is 0. The molecule has 7 heteroatoms. The number of halogens is 2. The molecule has 0 amide bonds. The lowest BCUT2D eigenvalue weighted by atomic mass is 10.3. The fourth-order valence-corrected chi connectivity index (χ4v) is 1.48. The molecule has 0 fully saturated rings. The van der Waals surface area contributed by atoms with Gasteiger partial charge in [0.1, 0.15) is 23.8 Å². The molecule has 2 rings (SSSR count). The molecule has 0 aliphatic heterocycles. The highest BCUT2D eigenvalue weighted by molar-refractivity contribution is 5.92. The summed E-state index contributed by atoms with van der Waals surface area (Å²) < 4.78 is 31.9. The minimum absolute atomic E-state index is 0.00319. The lowest BCUT2D eigenvalue weighted by Gasteiger charge is -2.06. The summed E-state index contributed by atoms with van der Waals surface area (Å²) in [7, 11) is 1.18. The topological polar surface area (TPSA) is 70.1 Å². The molecule has 1 heterocycles. The maximum absolute atomic E-state index is 13.5. The van der Waals surface area contributed by atoms with E-state index in [0.717, 1.165) is 17.0 Å². The Morgan fingerprint density at radius 2 is 2.17 bits per heavy atom. The molecule has 1 aromatic heterocycles. The van der Waals surface area contributed by atoms with Gasteiger partial charge in [-0.3, -0.25) is 4.57 Å². The third kappa shape index (κ3) is 1.90. The Labute approximate surface area is 101 Å². The van der Waals surface area contributed by atoms with Gasteiger partial charge >= 0.3 is 5.97 Å². The van der Waals surface area contributed by atoms with Crippen LogP contribution < -0.4 is 5.73 Å². The number of methoxy groups -OCH3 is 1. The van der Waals surface area contributed by atoms with Crippen molar-refractivity contribution >= 4 is 11.8 Å². The van der Waals surface area contributed by atoms with E-state index < -0.39 is 17.6 Å². The number of ether oxygens (including phenoxy) is 1. The van der Waals surface area contributed by atoms with Gasteiger partial charge in [0.2, 0.25) is 0 Å². The van der Waals surface area contributed by atoms with E-state index >= 15 is 0 Å². The van der Waals surface area contributed by atoms with E-state index in [9.17, 15) is 13.6 Å². The van der Waals surface area contributed by atoms with E-state index in [4.69, 9.17) is 5.73 Å². The fourth-order valence-electron chi connectivity index (χ4n) is 1.48. The molecule has 18 heavy (non-hydrogen) atoms. The second kappa shape index (κ2) is 4.44. The van der Waals surface area contributed by atoms with Crippen molar-refractivity contribution in [3.8, 4) is 5.69 Å². The number of hydrogen-bond acceptors (Lipinski definition) is 4. The van der Waals surface area contributed by atoms with Crippen LogP contribution in [0.2, 0.25) is 0 Å². The number of nitrogens with two attached hydrogens (primary N) is 1. The summed E-state index contributed by atoms with van der Waals surface area (Å²) in [5, 5.41) is 0. The number of carbonyl (C=O) groups is 1. The highest BCUT2D eigenvalue weighted by atomic mass is 19.1. The minimum atomic E-state index is -0.810. The van der Waals surface area contributed by atoms with Gasteiger partial charge in [-0.15, -0.1) is 0 Å². The molecule has 0 saturated carbocycles. The van der Waals surface area contributed by atoms with Crippen LogP contribution in [0.5, 0.6) is 0 Å². The Hall–Kier alpha value is -2.44. The zero-order valence-electron chi connectivity index (χ0n) is 9.35. The van der Waals surface area contributed by atoms with Crippen molar-refractivity contribution in [3.05, 3.63) is 41.9 Å². The number of carbonyl (C=O) groups excluding carboxylic acids is 1. The van der Waals surface area contributed by atoms with Crippen LogP contribution in [0.1, 0.15) is 10.5 Å². The van der Waals surface area contributed by atoms with Gasteiger partial charge in [0.15, 0.2) is 5.69 Å². The van der Waals surface area contributed by atoms with Crippen molar-refractivity contribution in [2.45, 2.75) is 0 Å². The molecular weight excluding hydrogens is 244 g/mol. The lowest BCUT2D eigenvalue weighted by molar-refractivity contribution is 0.0596. The number of anilines is 1. The van der Waals surface area contributed by atoms with Crippen molar-refractivity contribution in [2.24, 2.45) is 0 Å². The molecule has 0 aliphatic rings. The smallest absolute Gasteiger partial charge is 0.360 e. The molecule has 0 unspecified atom stereocenters. The molecule has 2 aromatic rings. The van der Waals surface area contributed by atoms with Gasteiger partial charge in [0.05, 0.1) is 12.8 Å². The summed E-state index contributed by atoms with van der Waals surface area (Å²) in [4.78, 5) is 15.0. The molecule has 5 nitrogen and oxygen atoms in total. The molecule has 0 atom stereocenters. The van der Waals surface area contributed by atoms with Crippen molar-refractivity contribution < 1.29 is 18.3 Å². The molecule has 0 aliphatic carbocycles. The largest absolute Gasteiger partial charge is 0.464 e. The minimum Gasteiger partial charge on any atom is -0.464 e. The van der Waals surface area contributed by atoms with Crippen LogP contribution >= 0.6 is 0 Å². The number of rotatable bonds is 2. The van der Waals surface area contributed by atoms with E-state index in [1.165, 1.54) is 13.2 Å². The predicted molar refractivity (Wildman–Crippen MR) is 59.2 cm³/mol. The van der Waals surface area contributed by atoms with Gasteiger partial charge in [-0.2, -0.15) is 0 Å². The molecule has 0 saturated heterocycles. The molecule has 0 bridgehead atoms. The van der Waals surface area contributed by atoms with Crippen LogP contribution in [-0.2, 0) is 4.74 Å². The summed E-state index contributed by atoms with van der Waals surface area (Å²) in [5.74, 6) is -2.32. The molecule has 2 N–H and O–H groups in total. The fraction of sp³-hybridized carbons (Fsp3) is 0.0909. The number of esters is 1. The van der Waals surface area contributed by atoms with Crippen LogP contribution in [0.25, 0.3) is 5.69 Å². The van der Waals surface area contributed by atoms with Crippen LogP contribution in [0.4, 0.5) is 14.6 Å². The van der Waals surface area contributed by atoms with Gasteiger partial charge in [0.25, 0.3) is 0 Å². The third-order valence-corrected chi connectivity index (χ3v) is 2.35. The van der Waals surface area contributed by atoms with Crippen LogP contribution in [0.3, 0.4) is 0 Å². The molecule has 0 radical (unpaired) electrons. The zero-order valence-corrected chi connectivity index (χ0v) is 9.35. The average molecular weight is 253 g/mol. The van der Waals surface area contributed by atoms with Crippen molar-refractivity contribution in [2.75, 3.05) is 12.8 Å². The number of hydrogen-bond donors (Lipinski definition) is 1. The Kier molecular flexibility index (Phi) is 2.97. The number of nitrogen functional groups attached to an aromatic ring is 1. The van der Waals surface area contributed by atoms with Crippen molar-refractivity contribution in [3.63, 3.8) is 0 Å². The van der Waals surface area contributed by atoms with Crippen LogP contribution in [-0.4, -0.2) is 22.6 Å². The first-order valence-electron chi connectivity index (χ1n) is 4.91. The maximum Gasteiger partial charge on any atom is 0.360 e. The first kappa shape index (κ1) is 12.0. The Morgan fingerprint density at radius 3 is 2.78 bits per heavy atom. The van der Waals surface area contributed by atoms with Gasteiger partial charge in [0, 0.05) is 6.07 Å². The molecule has 94 valence electrons. The Morgan fingerprint density at radius 1 is 1.44 bits per heavy atom. The van der Waals surface area contributed by atoms with Crippen molar-refractivity contribution in [1.29, 1.82) is 0 Å². The third-order valence-electron chi connectivity index (χ3n) is 2.35. The van der Waals surface area contributed by atoms with E-state index in [2.05, 4.69) is 9.72 Å². The number of imidazole rings is 1. The quantitative estimate of drug-likeness (QED) is 0.824. The zero-order chi connectivity index (χ0) is 13.3. The van der Waals surface area contributed by atoms with Gasteiger partial charge in [-0.1, -0.05) is 0 Å². The maximum atomic E-state index is 13.5. The second-order valence-electron chi connectivity index (χ2n) is 3.44. The lowest BCUT2D eigenvalue weighted by Crippen LogP contribution is -2.08. The van der Waals surface area contributed by atoms with Crippen molar-refractivity contribution in [1.82, 2.24) is 9.55 Å².